The first-order valence-electron chi connectivity index (χ1n) is 5.36. The molecule has 0 aliphatic heterocycles. The molecule has 1 aromatic carbocycles. The van der Waals surface area contributed by atoms with E-state index in [-0.39, 0.29) is 28.7 Å². The molecule has 1 saturated carbocycles. The van der Waals surface area contributed by atoms with Crippen molar-refractivity contribution in [1.29, 1.82) is 0 Å². The smallest absolute Gasteiger partial charge is 0.280 e. The van der Waals surface area contributed by atoms with Gasteiger partial charge in [0.25, 0.3) is 5.69 Å². The van der Waals surface area contributed by atoms with Crippen molar-refractivity contribution in [3.05, 3.63) is 39.4 Å². The van der Waals surface area contributed by atoms with Crippen LogP contribution in [0, 0.1) is 16.0 Å². The molecule has 1 aliphatic carbocycles. The van der Waals surface area contributed by atoms with Crippen molar-refractivity contribution in [2.24, 2.45) is 5.92 Å². The van der Waals surface area contributed by atoms with Gasteiger partial charge in [0.1, 0.15) is 0 Å². The van der Waals surface area contributed by atoms with Crippen molar-refractivity contribution >= 4 is 22.6 Å². The zero-order chi connectivity index (χ0) is 13.3. The van der Waals surface area contributed by atoms with Gasteiger partial charge >= 0.3 is 0 Å². The molecule has 0 aromatic heterocycles. The van der Waals surface area contributed by atoms with Gasteiger partial charge in [0, 0.05) is 17.7 Å². The van der Waals surface area contributed by atoms with E-state index in [2.05, 4.69) is 0 Å². The third-order valence-electron chi connectivity index (χ3n) is 2.76. The second-order valence-corrected chi connectivity index (χ2v) is 5.09. The van der Waals surface area contributed by atoms with Crippen LogP contribution in [0.15, 0.2) is 18.2 Å². The van der Waals surface area contributed by atoms with Crippen molar-refractivity contribution in [1.82, 2.24) is 0 Å². The Hall–Kier alpha value is -1.60. The normalized spacial score (nSPS) is 16.3. The lowest BCUT2D eigenvalue weighted by atomic mass is 10.0. The van der Waals surface area contributed by atoms with Crippen LogP contribution in [-0.4, -0.2) is 19.5 Å². The van der Waals surface area contributed by atoms with Crippen LogP contribution in [0.5, 0.6) is 0 Å². The molecule has 96 valence electrons. The maximum Gasteiger partial charge on any atom is 0.280 e. The molecule has 1 unspecified atom stereocenters. The Kier molecular flexibility index (Phi) is 3.53. The number of rotatable bonds is 5. The van der Waals surface area contributed by atoms with Crippen LogP contribution in [0.4, 0.5) is 5.69 Å². The molecule has 0 amide bonds. The molecule has 0 bridgehead atoms. The van der Waals surface area contributed by atoms with Crippen molar-refractivity contribution < 1.29 is 18.5 Å². The van der Waals surface area contributed by atoms with Crippen molar-refractivity contribution in [2.45, 2.75) is 18.6 Å². The molecule has 1 atom stereocenters. The third-order valence-corrected chi connectivity index (χ3v) is 3.33. The highest BCUT2D eigenvalue weighted by Crippen LogP contribution is 2.35. The van der Waals surface area contributed by atoms with Crippen LogP contribution in [0.25, 0.3) is 0 Å². The number of benzene rings is 1. The van der Waals surface area contributed by atoms with Crippen LogP contribution >= 0.6 is 0 Å². The lowest BCUT2D eigenvalue weighted by Gasteiger charge is -2.07. The summed E-state index contributed by atoms with van der Waals surface area (Å²) in [6, 6.07) is 3.95. The highest BCUT2D eigenvalue weighted by atomic mass is 32.2. The lowest BCUT2D eigenvalue weighted by Crippen LogP contribution is -2.07. The van der Waals surface area contributed by atoms with Crippen molar-refractivity contribution in [2.75, 3.05) is 0 Å². The molecule has 6 nitrogen and oxygen atoms in total. The van der Waals surface area contributed by atoms with Gasteiger partial charge in [-0.1, -0.05) is 17.1 Å². The minimum atomic E-state index is -2.31. The van der Waals surface area contributed by atoms with E-state index >= 15 is 0 Å². The van der Waals surface area contributed by atoms with Gasteiger partial charge in [-0.25, -0.2) is 0 Å². The average molecular weight is 268 g/mol. The van der Waals surface area contributed by atoms with Crippen LogP contribution < -0.4 is 0 Å². The Balaban J connectivity index is 2.37. The fourth-order valence-electron chi connectivity index (χ4n) is 1.73. The van der Waals surface area contributed by atoms with Crippen LogP contribution in [-0.2, 0) is 16.8 Å². The van der Waals surface area contributed by atoms with E-state index in [1.54, 1.807) is 0 Å². The second-order valence-electron chi connectivity index (χ2n) is 4.20. The number of Topliss-reactive ketones (excluding diaryl/α,β-unsaturated/α-hetero) is 1. The number of carbonyl (C=O) groups excluding carboxylic acids is 1. The summed E-state index contributed by atoms with van der Waals surface area (Å²) in [5.74, 6) is -0.627. The van der Waals surface area contributed by atoms with E-state index in [4.69, 9.17) is 0 Å². The fraction of sp³-hybridized carbons (Fsp3) is 0.364. The van der Waals surface area contributed by atoms with Crippen LogP contribution in [0.1, 0.15) is 28.8 Å². The molecule has 0 radical (unpaired) electrons. The van der Waals surface area contributed by atoms with Gasteiger partial charge in [0.05, 0.1) is 10.5 Å². The number of nitro benzene ring substituents is 1. The fourth-order valence-corrected chi connectivity index (χ4v) is 2.18. The zero-order valence-corrected chi connectivity index (χ0v) is 10.1. The lowest BCUT2D eigenvalue weighted by molar-refractivity contribution is -0.385. The maximum absolute atomic E-state index is 11.8. The van der Waals surface area contributed by atoms with Gasteiger partial charge < -0.3 is 4.55 Å². The summed E-state index contributed by atoms with van der Waals surface area (Å²) < 4.78 is 21.1. The summed E-state index contributed by atoms with van der Waals surface area (Å²) in [4.78, 5) is 22.1. The Morgan fingerprint density at radius 3 is 2.61 bits per heavy atom. The largest absolute Gasteiger partial charge is 0.772 e. The summed E-state index contributed by atoms with van der Waals surface area (Å²) in [5.41, 5.74) is 0.0696. The molecule has 0 saturated heterocycles. The Labute approximate surface area is 105 Å². The standard InChI is InChI=1S/C11H11NO5S/c13-11(8-2-3-8)9-4-1-7(6-18(16)17)5-10(9)12(14)15/h1,4-5,8H,2-3,6H2,(H,16,17)/p-1. The van der Waals surface area contributed by atoms with Gasteiger partial charge in [-0.2, -0.15) is 0 Å². The van der Waals surface area contributed by atoms with E-state index in [0.29, 0.717) is 5.56 Å². The van der Waals surface area contributed by atoms with Crippen LogP contribution in [0.2, 0.25) is 0 Å². The zero-order valence-electron chi connectivity index (χ0n) is 9.33. The number of ketones is 1. The molecule has 1 fully saturated rings. The molecule has 1 aromatic rings. The van der Waals surface area contributed by atoms with E-state index in [9.17, 15) is 23.7 Å². The SMILES string of the molecule is O=C(c1ccc(CS(=O)[O-])cc1[N+](=O)[O-])C1CC1. The van der Waals surface area contributed by atoms with Crippen LogP contribution in [0.3, 0.4) is 0 Å². The minimum absolute atomic E-state index is 0.0722. The van der Waals surface area contributed by atoms with E-state index in [1.165, 1.54) is 12.1 Å². The van der Waals surface area contributed by atoms with E-state index in [1.807, 2.05) is 0 Å². The molecule has 7 heteroatoms. The monoisotopic (exact) mass is 268 g/mol. The summed E-state index contributed by atoms with van der Waals surface area (Å²) in [5, 5.41) is 10.9. The topological polar surface area (TPSA) is 100 Å². The molecule has 18 heavy (non-hydrogen) atoms. The predicted molar refractivity (Wildman–Crippen MR) is 62.8 cm³/mol. The second kappa shape index (κ2) is 4.95. The highest BCUT2D eigenvalue weighted by molar-refractivity contribution is 7.78. The van der Waals surface area contributed by atoms with Gasteiger partial charge in [0.2, 0.25) is 0 Å². The van der Waals surface area contributed by atoms with E-state index < -0.39 is 16.0 Å². The quantitative estimate of drug-likeness (QED) is 0.349. The minimum Gasteiger partial charge on any atom is -0.772 e. The predicted octanol–water partition coefficient (Wildman–Crippen LogP) is 1.57. The van der Waals surface area contributed by atoms with Gasteiger partial charge in [0.15, 0.2) is 5.78 Å². The van der Waals surface area contributed by atoms with Gasteiger partial charge in [-0.05, 0) is 24.5 Å². The Bertz CT molecular complexity index is 538. The maximum atomic E-state index is 11.8. The number of nitro groups is 1. The molecular weight excluding hydrogens is 258 g/mol. The molecule has 1 aliphatic rings. The molecule has 0 spiro atoms. The summed E-state index contributed by atoms with van der Waals surface area (Å²) in [7, 11) is 0. The van der Waals surface area contributed by atoms with Gasteiger partial charge in [-0.3, -0.25) is 19.1 Å². The molecular formula is C11H10NO5S-. The van der Waals surface area contributed by atoms with E-state index in [0.717, 1.165) is 18.9 Å². The van der Waals surface area contributed by atoms with Crippen molar-refractivity contribution in [3.8, 4) is 0 Å². The molecule has 0 N–H and O–H groups in total. The van der Waals surface area contributed by atoms with Gasteiger partial charge in [-0.15, -0.1) is 0 Å². The molecule has 2 rings (SSSR count). The number of carbonyl (C=O) groups is 1. The first kappa shape index (κ1) is 12.8. The number of hydrogen-bond acceptors (Lipinski definition) is 5. The number of nitrogens with zero attached hydrogens (tertiary/aromatic N) is 1. The first-order chi connectivity index (χ1) is 8.49. The summed E-state index contributed by atoms with van der Waals surface area (Å²) in [6.07, 6.45) is 1.53. The Morgan fingerprint density at radius 2 is 2.11 bits per heavy atom. The third kappa shape index (κ3) is 2.80. The average Bonchev–Trinajstić information content (AvgIpc) is 3.11. The molecule has 0 heterocycles. The Morgan fingerprint density at radius 1 is 1.44 bits per heavy atom. The summed E-state index contributed by atoms with van der Waals surface area (Å²) in [6.45, 7) is 0. The first-order valence-corrected chi connectivity index (χ1v) is 6.61. The summed E-state index contributed by atoms with van der Waals surface area (Å²) >= 11 is -2.31. The number of hydrogen-bond donors (Lipinski definition) is 0. The highest BCUT2D eigenvalue weighted by Gasteiger charge is 2.34. The van der Waals surface area contributed by atoms with Crippen molar-refractivity contribution in [3.63, 3.8) is 0 Å².